The van der Waals surface area contributed by atoms with Gasteiger partial charge in [0.2, 0.25) is 0 Å². The van der Waals surface area contributed by atoms with Crippen molar-refractivity contribution in [2.75, 3.05) is 5.88 Å². The zero-order valence-electron chi connectivity index (χ0n) is 11.7. The van der Waals surface area contributed by atoms with Crippen molar-refractivity contribution in [3.63, 3.8) is 0 Å². The Kier molecular flexibility index (Phi) is 5.33. The number of rotatable bonds is 5. The van der Waals surface area contributed by atoms with Gasteiger partial charge in [0.15, 0.2) is 0 Å². The Hall–Kier alpha value is -0.0500. The summed E-state index contributed by atoms with van der Waals surface area (Å²) in [6, 6.07) is 8.39. The molecule has 1 nitrogen and oxygen atoms in total. The van der Waals surface area contributed by atoms with Gasteiger partial charge in [0.25, 0.3) is 0 Å². The third-order valence-electron chi connectivity index (χ3n) is 3.83. The molecule has 1 fully saturated rings. The van der Waals surface area contributed by atoms with E-state index in [1.807, 2.05) is 6.07 Å². The molecule has 0 radical (unpaired) electrons. The molecule has 0 aromatic heterocycles. The molecular formula is C16H22BrClO. The molecule has 1 aromatic carbocycles. The van der Waals surface area contributed by atoms with Crippen LogP contribution in [-0.2, 0) is 11.2 Å². The maximum Gasteiger partial charge on any atom is 0.0631 e. The minimum absolute atomic E-state index is 0.0505. The Morgan fingerprint density at radius 3 is 2.74 bits per heavy atom. The molecule has 1 heterocycles. The summed E-state index contributed by atoms with van der Waals surface area (Å²) in [6.07, 6.45) is 4.78. The zero-order valence-corrected chi connectivity index (χ0v) is 14.0. The van der Waals surface area contributed by atoms with Crippen LogP contribution in [-0.4, -0.2) is 17.6 Å². The highest BCUT2D eigenvalue weighted by molar-refractivity contribution is 9.10. The fourth-order valence-corrected chi connectivity index (χ4v) is 3.47. The Labute approximate surface area is 129 Å². The van der Waals surface area contributed by atoms with Gasteiger partial charge in [-0.2, -0.15) is 0 Å². The molecule has 2 atom stereocenters. The third-order valence-corrected chi connectivity index (χ3v) is 5.05. The van der Waals surface area contributed by atoms with Gasteiger partial charge in [0, 0.05) is 10.4 Å². The van der Waals surface area contributed by atoms with Gasteiger partial charge in [0.05, 0.1) is 11.7 Å². The molecule has 0 amide bonds. The quantitative estimate of drug-likeness (QED) is 0.667. The van der Waals surface area contributed by atoms with Gasteiger partial charge in [-0.05, 0) is 57.1 Å². The first kappa shape index (κ1) is 15.3. The minimum Gasteiger partial charge on any atom is -0.372 e. The first-order chi connectivity index (χ1) is 9.00. The topological polar surface area (TPSA) is 9.23 Å². The largest absolute Gasteiger partial charge is 0.372 e. The summed E-state index contributed by atoms with van der Waals surface area (Å²) >= 11 is 9.76. The lowest BCUT2D eigenvalue weighted by Gasteiger charge is -2.22. The number of benzene rings is 1. The van der Waals surface area contributed by atoms with E-state index in [-0.39, 0.29) is 5.60 Å². The average molecular weight is 346 g/mol. The summed E-state index contributed by atoms with van der Waals surface area (Å²) in [4.78, 5) is 0. The summed E-state index contributed by atoms with van der Waals surface area (Å²) < 4.78 is 7.26. The molecule has 2 unspecified atom stereocenters. The minimum atomic E-state index is 0.0505. The van der Waals surface area contributed by atoms with Crippen LogP contribution in [0.25, 0.3) is 0 Å². The second-order valence-corrected chi connectivity index (χ2v) is 7.25. The van der Waals surface area contributed by atoms with Crippen LogP contribution in [0, 0.1) is 5.92 Å². The summed E-state index contributed by atoms with van der Waals surface area (Å²) in [5, 5.41) is 0. The molecule has 3 heteroatoms. The Bertz CT molecular complexity index is 419. The highest BCUT2D eigenvalue weighted by Gasteiger charge is 2.32. The van der Waals surface area contributed by atoms with Crippen molar-refractivity contribution in [1.29, 1.82) is 0 Å². The first-order valence-corrected chi connectivity index (χ1v) is 8.30. The van der Waals surface area contributed by atoms with Gasteiger partial charge in [-0.25, -0.2) is 0 Å². The highest BCUT2D eigenvalue weighted by Crippen LogP contribution is 2.33. The second-order valence-electron chi connectivity index (χ2n) is 6.09. The van der Waals surface area contributed by atoms with Crippen molar-refractivity contribution in [1.82, 2.24) is 0 Å². The summed E-state index contributed by atoms with van der Waals surface area (Å²) in [5.41, 5.74) is 1.39. The summed E-state index contributed by atoms with van der Waals surface area (Å²) in [5.74, 6) is 1.18. The fourth-order valence-electron chi connectivity index (χ4n) is 2.79. The number of hydrogen-bond acceptors (Lipinski definition) is 1. The van der Waals surface area contributed by atoms with Crippen LogP contribution < -0.4 is 0 Å². The lowest BCUT2D eigenvalue weighted by Crippen LogP contribution is -2.22. The van der Waals surface area contributed by atoms with Crippen LogP contribution in [0.1, 0.15) is 38.7 Å². The lowest BCUT2D eigenvalue weighted by molar-refractivity contribution is -0.0234. The molecule has 0 N–H and O–H groups in total. The maximum atomic E-state index is 6.15. The van der Waals surface area contributed by atoms with E-state index in [9.17, 15) is 0 Å². The summed E-state index contributed by atoms with van der Waals surface area (Å²) in [6.45, 7) is 4.35. The van der Waals surface area contributed by atoms with E-state index < -0.39 is 0 Å². The molecule has 1 aliphatic rings. The van der Waals surface area contributed by atoms with Crippen LogP contribution in [0.15, 0.2) is 28.7 Å². The molecule has 0 saturated carbocycles. The van der Waals surface area contributed by atoms with Crippen LogP contribution in [0.4, 0.5) is 0 Å². The standard InChI is InChI=1S/C16H22BrClO/c1-16(2)8-7-14(19-16)10-12(11-18)9-13-5-3-4-6-15(13)17/h3-6,12,14H,7-11H2,1-2H3. The number of ether oxygens (including phenoxy) is 1. The van der Waals surface area contributed by atoms with E-state index in [1.165, 1.54) is 10.0 Å². The highest BCUT2D eigenvalue weighted by atomic mass is 79.9. The van der Waals surface area contributed by atoms with Crippen LogP contribution in [0.3, 0.4) is 0 Å². The van der Waals surface area contributed by atoms with Gasteiger partial charge >= 0.3 is 0 Å². The monoisotopic (exact) mass is 344 g/mol. The molecule has 0 spiro atoms. The fraction of sp³-hybridized carbons (Fsp3) is 0.625. The van der Waals surface area contributed by atoms with Gasteiger partial charge < -0.3 is 4.74 Å². The Morgan fingerprint density at radius 2 is 2.16 bits per heavy atom. The number of hydrogen-bond donors (Lipinski definition) is 0. The van der Waals surface area contributed by atoms with E-state index >= 15 is 0 Å². The van der Waals surface area contributed by atoms with Gasteiger partial charge in [-0.3, -0.25) is 0 Å². The zero-order chi connectivity index (χ0) is 13.9. The number of halogens is 2. The van der Waals surface area contributed by atoms with Gasteiger partial charge in [-0.1, -0.05) is 34.1 Å². The van der Waals surface area contributed by atoms with E-state index in [0.717, 1.165) is 25.7 Å². The van der Waals surface area contributed by atoms with Crippen molar-refractivity contribution < 1.29 is 4.74 Å². The second kappa shape index (κ2) is 6.60. The van der Waals surface area contributed by atoms with Gasteiger partial charge in [0.1, 0.15) is 0 Å². The SMILES string of the molecule is CC1(C)CCC(CC(CCl)Cc2ccccc2Br)O1. The molecule has 106 valence electrons. The van der Waals surface area contributed by atoms with Gasteiger partial charge in [-0.15, -0.1) is 11.6 Å². The van der Waals surface area contributed by atoms with Crippen molar-refractivity contribution in [2.24, 2.45) is 5.92 Å². The summed E-state index contributed by atoms with van der Waals surface area (Å²) in [7, 11) is 0. The predicted molar refractivity (Wildman–Crippen MR) is 84.9 cm³/mol. The molecule has 0 bridgehead atoms. The molecule has 0 aliphatic carbocycles. The normalized spacial score (nSPS) is 23.5. The van der Waals surface area contributed by atoms with Crippen molar-refractivity contribution >= 4 is 27.5 Å². The molecule has 2 rings (SSSR count). The average Bonchev–Trinajstić information content (AvgIpc) is 2.70. The van der Waals surface area contributed by atoms with Crippen molar-refractivity contribution in [3.8, 4) is 0 Å². The van der Waals surface area contributed by atoms with Crippen LogP contribution in [0.5, 0.6) is 0 Å². The Balaban J connectivity index is 1.93. The van der Waals surface area contributed by atoms with E-state index in [4.69, 9.17) is 16.3 Å². The first-order valence-electron chi connectivity index (χ1n) is 6.97. The molecule has 1 aromatic rings. The number of alkyl halides is 1. The van der Waals surface area contributed by atoms with E-state index in [0.29, 0.717) is 17.9 Å². The maximum absolute atomic E-state index is 6.15. The molecular weight excluding hydrogens is 324 g/mol. The van der Waals surface area contributed by atoms with Crippen LogP contribution >= 0.6 is 27.5 Å². The van der Waals surface area contributed by atoms with Crippen molar-refractivity contribution in [3.05, 3.63) is 34.3 Å². The van der Waals surface area contributed by atoms with E-state index in [2.05, 4.69) is 48.0 Å². The third kappa shape index (κ3) is 4.47. The molecule has 1 saturated heterocycles. The van der Waals surface area contributed by atoms with E-state index in [1.54, 1.807) is 0 Å². The predicted octanol–water partition coefficient (Wildman–Crippen LogP) is 5.19. The smallest absolute Gasteiger partial charge is 0.0631 e. The van der Waals surface area contributed by atoms with Crippen LogP contribution in [0.2, 0.25) is 0 Å². The molecule has 1 aliphatic heterocycles. The van der Waals surface area contributed by atoms with Crippen molar-refractivity contribution in [2.45, 2.75) is 51.2 Å². The lowest BCUT2D eigenvalue weighted by atomic mass is 9.94. The molecule has 19 heavy (non-hydrogen) atoms. The Morgan fingerprint density at radius 1 is 1.42 bits per heavy atom.